The summed E-state index contributed by atoms with van der Waals surface area (Å²) in [6.07, 6.45) is 3.01. The molecular formula is C14H21ClN4O4S. The van der Waals surface area contributed by atoms with Crippen LogP contribution < -0.4 is 11.1 Å². The number of carbonyl (C=O) groups excluding carboxylic acids is 2. The fourth-order valence-corrected chi connectivity index (χ4v) is 3.34. The van der Waals surface area contributed by atoms with Gasteiger partial charge in [0.15, 0.2) is 0 Å². The normalized spacial score (nSPS) is 16.5. The van der Waals surface area contributed by atoms with Crippen molar-refractivity contribution in [1.82, 2.24) is 10.2 Å². The summed E-state index contributed by atoms with van der Waals surface area (Å²) in [5, 5.41) is 13.5. The van der Waals surface area contributed by atoms with E-state index in [1.807, 2.05) is 0 Å². The van der Waals surface area contributed by atoms with Crippen LogP contribution in [-0.2, 0) is 4.79 Å². The van der Waals surface area contributed by atoms with E-state index in [0.717, 1.165) is 30.6 Å². The van der Waals surface area contributed by atoms with Crippen LogP contribution in [-0.4, -0.2) is 47.3 Å². The number of halogens is 1. The highest BCUT2D eigenvalue weighted by molar-refractivity contribution is 7.17. The second-order valence-corrected chi connectivity index (χ2v) is 6.40. The molecule has 1 fully saturated rings. The summed E-state index contributed by atoms with van der Waals surface area (Å²) in [5.74, 6) is -0.485. The minimum Gasteiger partial charge on any atom is -0.354 e. The smallest absolute Gasteiger partial charge is 0.324 e. The third-order valence-electron chi connectivity index (χ3n) is 3.73. The van der Waals surface area contributed by atoms with Gasteiger partial charge in [0.1, 0.15) is 6.04 Å². The summed E-state index contributed by atoms with van der Waals surface area (Å²) in [4.78, 5) is 36.7. The van der Waals surface area contributed by atoms with E-state index in [0.29, 0.717) is 30.9 Å². The molecule has 2 rings (SSSR count). The van der Waals surface area contributed by atoms with Crippen LogP contribution >= 0.6 is 23.7 Å². The number of nitrogens with one attached hydrogen (secondary N) is 1. The maximum atomic E-state index is 12.5. The molecule has 134 valence electrons. The van der Waals surface area contributed by atoms with Gasteiger partial charge in [-0.05, 0) is 38.3 Å². The third kappa shape index (κ3) is 4.89. The van der Waals surface area contributed by atoms with E-state index in [2.05, 4.69) is 5.32 Å². The van der Waals surface area contributed by atoms with Crippen LogP contribution in [0.25, 0.3) is 0 Å². The molecule has 2 amide bonds. The average molecular weight is 377 g/mol. The Kier molecular flexibility index (Phi) is 8.09. The van der Waals surface area contributed by atoms with E-state index in [-0.39, 0.29) is 29.2 Å². The van der Waals surface area contributed by atoms with Crippen LogP contribution in [0.4, 0.5) is 5.00 Å². The largest absolute Gasteiger partial charge is 0.354 e. The highest BCUT2D eigenvalue weighted by Crippen LogP contribution is 2.28. The van der Waals surface area contributed by atoms with Crippen molar-refractivity contribution in [2.24, 2.45) is 5.73 Å². The number of carbonyl (C=O) groups is 2. The third-order valence-corrected chi connectivity index (χ3v) is 4.75. The number of rotatable bonds is 7. The summed E-state index contributed by atoms with van der Waals surface area (Å²) in [5.41, 5.74) is 5.40. The molecule has 2 heterocycles. The molecule has 0 bridgehead atoms. The molecule has 1 aliphatic rings. The number of amides is 2. The summed E-state index contributed by atoms with van der Waals surface area (Å²) in [6.45, 7) is 1.62. The van der Waals surface area contributed by atoms with Crippen LogP contribution in [0.15, 0.2) is 12.1 Å². The molecule has 1 aromatic heterocycles. The van der Waals surface area contributed by atoms with Gasteiger partial charge in [-0.1, -0.05) is 11.3 Å². The van der Waals surface area contributed by atoms with Gasteiger partial charge < -0.3 is 16.0 Å². The number of thiophene rings is 1. The molecule has 1 saturated heterocycles. The maximum Gasteiger partial charge on any atom is 0.324 e. The topological polar surface area (TPSA) is 119 Å². The predicted molar refractivity (Wildman–Crippen MR) is 93.6 cm³/mol. The molecule has 0 spiro atoms. The molecule has 24 heavy (non-hydrogen) atoms. The van der Waals surface area contributed by atoms with Gasteiger partial charge in [0.25, 0.3) is 5.91 Å². The lowest BCUT2D eigenvalue weighted by Gasteiger charge is -2.23. The fraction of sp³-hybridized carbons (Fsp3) is 0.571. The zero-order valence-electron chi connectivity index (χ0n) is 13.1. The summed E-state index contributed by atoms with van der Waals surface area (Å²) in [6, 6.07) is 2.26. The van der Waals surface area contributed by atoms with E-state index >= 15 is 0 Å². The lowest BCUT2D eigenvalue weighted by atomic mass is 10.2. The Morgan fingerprint density at radius 1 is 1.42 bits per heavy atom. The number of unbranched alkanes of at least 4 members (excludes halogenated alkanes) is 1. The van der Waals surface area contributed by atoms with Crippen molar-refractivity contribution >= 4 is 40.6 Å². The fourth-order valence-electron chi connectivity index (χ4n) is 2.56. The SMILES string of the molecule is Cl.NCCCCNC(=O)C1CCCN1C(=O)c1ccc([N+](=O)[O-])s1. The molecular weight excluding hydrogens is 356 g/mol. The molecule has 0 aromatic carbocycles. The van der Waals surface area contributed by atoms with Crippen molar-refractivity contribution < 1.29 is 14.5 Å². The number of nitrogens with two attached hydrogens (primary N) is 1. The quantitative estimate of drug-likeness (QED) is 0.425. The van der Waals surface area contributed by atoms with Crippen molar-refractivity contribution in [3.8, 4) is 0 Å². The second kappa shape index (κ2) is 9.55. The van der Waals surface area contributed by atoms with Crippen molar-refractivity contribution in [2.75, 3.05) is 19.6 Å². The van der Waals surface area contributed by atoms with Gasteiger partial charge in [0, 0.05) is 19.2 Å². The maximum absolute atomic E-state index is 12.5. The molecule has 8 nitrogen and oxygen atoms in total. The molecule has 1 aromatic rings. The monoisotopic (exact) mass is 376 g/mol. The van der Waals surface area contributed by atoms with Gasteiger partial charge in [-0.2, -0.15) is 0 Å². The number of hydrogen-bond donors (Lipinski definition) is 2. The first kappa shape index (κ1) is 20.3. The van der Waals surface area contributed by atoms with Gasteiger partial charge in [-0.3, -0.25) is 19.7 Å². The molecule has 1 aliphatic heterocycles. The van der Waals surface area contributed by atoms with Crippen molar-refractivity contribution in [3.05, 3.63) is 27.1 Å². The van der Waals surface area contributed by atoms with E-state index < -0.39 is 11.0 Å². The molecule has 1 unspecified atom stereocenters. The van der Waals surface area contributed by atoms with Crippen LogP contribution in [0.3, 0.4) is 0 Å². The van der Waals surface area contributed by atoms with Gasteiger partial charge in [-0.15, -0.1) is 12.4 Å². The number of hydrogen-bond acceptors (Lipinski definition) is 6. The Bertz CT molecular complexity index is 595. The number of likely N-dealkylation sites (tertiary alicyclic amines) is 1. The Morgan fingerprint density at radius 3 is 2.79 bits per heavy atom. The van der Waals surface area contributed by atoms with Crippen molar-refractivity contribution in [3.63, 3.8) is 0 Å². The molecule has 0 saturated carbocycles. The van der Waals surface area contributed by atoms with Crippen LogP contribution in [0, 0.1) is 10.1 Å². The Morgan fingerprint density at radius 2 is 2.17 bits per heavy atom. The van der Waals surface area contributed by atoms with Gasteiger partial charge in [0.05, 0.1) is 9.80 Å². The lowest BCUT2D eigenvalue weighted by molar-refractivity contribution is -0.380. The van der Waals surface area contributed by atoms with Gasteiger partial charge in [0.2, 0.25) is 5.91 Å². The first-order valence-corrected chi connectivity index (χ1v) is 8.39. The zero-order chi connectivity index (χ0) is 16.8. The summed E-state index contributed by atoms with van der Waals surface area (Å²) < 4.78 is 0. The highest BCUT2D eigenvalue weighted by Gasteiger charge is 2.35. The van der Waals surface area contributed by atoms with Gasteiger partial charge >= 0.3 is 5.00 Å². The van der Waals surface area contributed by atoms with Crippen molar-refractivity contribution in [2.45, 2.75) is 31.7 Å². The Hall–Kier alpha value is -1.71. The van der Waals surface area contributed by atoms with Crippen LogP contribution in [0.5, 0.6) is 0 Å². The Balaban J connectivity index is 0.00000288. The lowest BCUT2D eigenvalue weighted by Crippen LogP contribution is -2.46. The molecule has 10 heteroatoms. The zero-order valence-corrected chi connectivity index (χ0v) is 14.7. The second-order valence-electron chi connectivity index (χ2n) is 5.34. The van der Waals surface area contributed by atoms with Crippen molar-refractivity contribution in [1.29, 1.82) is 0 Å². The number of nitrogens with zero attached hydrogens (tertiary/aromatic N) is 2. The standard InChI is InChI=1S/C14H20N4O4S.ClH/c15-7-1-2-8-16-13(19)10-4-3-9-17(10)14(20)11-5-6-12(23-11)18(21)22;/h5-6,10H,1-4,7-9,15H2,(H,16,19);1H. The van der Waals surface area contributed by atoms with E-state index in [1.165, 1.54) is 17.0 Å². The van der Waals surface area contributed by atoms with E-state index in [9.17, 15) is 19.7 Å². The van der Waals surface area contributed by atoms with Crippen LogP contribution in [0.2, 0.25) is 0 Å². The molecule has 0 aliphatic carbocycles. The minimum atomic E-state index is -0.521. The minimum absolute atomic E-state index is 0. The van der Waals surface area contributed by atoms with E-state index in [4.69, 9.17) is 5.73 Å². The molecule has 1 atom stereocenters. The molecule has 0 radical (unpaired) electrons. The average Bonchev–Trinajstić information content (AvgIpc) is 3.19. The Labute approximate surface area is 149 Å². The predicted octanol–water partition coefficient (Wildman–Crippen LogP) is 1.54. The first-order chi connectivity index (χ1) is 11.0. The summed E-state index contributed by atoms with van der Waals surface area (Å²) in [7, 11) is 0. The summed E-state index contributed by atoms with van der Waals surface area (Å²) >= 11 is 0.838. The molecule has 3 N–H and O–H groups in total. The van der Waals surface area contributed by atoms with Gasteiger partial charge in [-0.25, -0.2) is 0 Å². The van der Waals surface area contributed by atoms with Crippen LogP contribution in [0.1, 0.15) is 35.4 Å². The first-order valence-electron chi connectivity index (χ1n) is 7.57. The highest BCUT2D eigenvalue weighted by atomic mass is 35.5. The number of nitro groups is 1. The van der Waals surface area contributed by atoms with E-state index in [1.54, 1.807) is 0 Å².